The van der Waals surface area contributed by atoms with E-state index >= 15 is 0 Å². The van der Waals surface area contributed by atoms with Crippen molar-refractivity contribution in [3.63, 3.8) is 0 Å². The van der Waals surface area contributed by atoms with Gasteiger partial charge >= 0.3 is 0 Å². The molecule has 0 fully saturated rings. The molecule has 1 amide bonds. The summed E-state index contributed by atoms with van der Waals surface area (Å²) < 4.78 is 0. The van der Waals surface area contributed by atoms with Gasteiger partial charge in [-0.25, -0.2) is 9.97 Å². The summed E-state index contributed by atoms with van der Waals surface area (Å²) in [5.74, 6) is 0.00172. The van der Waals surface area contributed by atoms with Crippen LogP contribution in [0.3, 0.4) is 0 Å². The smallest absolute Gasteiger partial charge is 0.247 e. The zero-order valence-electron chi connectivity index (χ0n) is 10.4. The minimum atomic E-state index is 0.00172. The quantitative estimate of drug-likeness (QED) is 0.767. The molecule has 0 saturated heterocycles. The van der Waals surface area contributed by atoms with E-state index in [9.17, 15) is 4.79 Å². The van der Waals surface area contributed by atoms with Gasteiger partial charge in [-0.1, -0.05) is 30.3 Å². The van der Waals surface area contributed by atoms with Crippen LogP contribution in [0.4, 0.5) is 0 Å². The summed E-state index contributed by atoms with van der Waals surface area (Å²) in [7, 11) is 0. The number of nitrogens with zero attached hydrogens (tertiary/aromatic N) is 3. The molecule has 0 saturated carbocycles. The molecule has 19 heavy (non-hydrogen) atoms. The van der Waals surface area contributed by atoms with Gasteiger partial charge in [-0.2, -0.15) is 0 Å². The van der Waals surface area contributed by atoms with Crippen LogP contribution >= 0.6 is 0 Å². The Balaban J connectivity index is 1.69. The van der Waals surface area contributed by atoms with Gasteiger partial charge in [-0.15, -0.1) is 0 Å². The van der Waals surface area contributed by atoms with Crippen LogP contribution in [-0.2, 0) is 17.9 Å². The SMILES string of the molecule is O=C(/C=C/c1ccccc1)N1Cc2cncnc2C1. The molecule has 4 heteroatoms. The third kappa shape index (κ3) is 2.52. The highest BCUT2D eigenvalue weighted by molar-refractivity contribution is 5.92. The van der Waals surface area contributed by atoms with E-state index in [1.807, 2.05) is 36.4 Å². The van der Waals surface area contributed by atoms with Crippen molar-refractivity contribution < 1.29 is 4.79 Å². The van der Waals surface area contributed by atoms with Gasteiger partial charge in [0, 0.05) is 24.4 Å². The van der Waals surface area contributed by atoms with Crippen LogP contribution in [0, 0.1) is 0 Å². The lowest BCUT2D eigenvalue weighted by molar-refractivity contribution is -0.126. The molecule has 0 spiro atoms. The van der Waals surface area contributed by atoms with Crippen LogP contribution in [0.15, 0.2) is 48.9 Å². The summed E-state index contributed by atoms with van der Waals surface area (Å²) in [4.78, 5) is 22.0. The Morgan fingerprint density at radius 2 is 2.05 bits per heavy atom. The van der Waals surface area contributed by atoms with Crippen molar-refractivity contribution in [3.05, 3.63) is 65.8 Å². The maximum Gasteiger partial charge on any atom is 0.247 e. The topological polar surface area (TPSA) is 46.1 Å². The predicted octanol–water partition coefficient (Wildman–Crippen LogP) is 2.03. The maximum absolute atomic E-state index is 12.1. The fourth-order valence-electron chi connectivity index (χ4n) is 2.09. The third-order valence-electron chi connectivity index (χ3n) is 3.11. The maximum atomic E-state index is 12.1. The second-order valence-corrected chi connectivity index (χ2v) is 4.43. The molecule has 0 atom stereocenters. The first-order valence-corrected chi connectivity index (χ1v) is 6.13. The second kappa shape index (κ2) is 5.02. The first-order chi connectivity index (χ1) is 9.33. The minimum Gasteiger partial charge on any atom is -0.329 e. The van der Waals surface area contributed by atoms with Gasteiger partial charge in [0.05, 0.1) is 12.2 Å². The number of benzene rings is 1. The lowest BCUT2D eigenvalue weighted by Crippen LogP contribution is -2.23. The molecular weight excluding hydrogens is 238 g/mol. The molecule has 1 aromatic carbocycles. The highest BCUT2D eigenvalue weighted by Crippen LogP contribution is 2.19. The molecule has 4 nitrogen and oxygen atoms in total. The lowest BCUT2D eigenvalue weighted by Gasteiger charge is -2.11. The largest absolute Gasteiger partial charge is 0.329 e. The standard InChI is InChI=1S/C15H13N3O/c19-15(7-6-12-4-2-1-3-5-12)18-9-13-8-16-11-17-14(13)10-18/h1-8,11H,9-10H2/b7-6+. The van der Waals surface area contributed by atoms with E-state index in [2.05, 4.69) is 9.97 Å². The third-order valence-corrected chi connectivity index (χ3v) is 3.11. The molecular formula is C15H13N3O. The van der Waals surface area contributed by atoms with Crippen LogP contribution in [0.5, 0.6) is 0 Å². The monoisotopic (exact) mass is 251 g/mol. The number of carbonyl (C=O) groups is 1. The predicted molar refractivity (Wildman–Crippen MR) is 71.8 cm³/mol. The van der Waals surface area contributed by atoms with Crippen LogP contribution in [0.25, 0.3) is 6.08 Å². The number of aromatic nitrogens is 2. The van der Waals surface area contributed by atoms with Gasteiger partial charge in [0.2, 0.25) is 5.91 Å². The molecule has 0 aliphatic carbocycles. The van der Waals surface area contributed by atoms with Crippen LogP contribution in [0.1, 0.15) is 16.8 Å². The summed E-state index contributed by atoms with van der Waals surface area (Å²) in [5, 5.41) is 0. The normalized spacial score (nSPS) is 13.8. The van der Waals surface area contributed by atoms with E-state index in [1.165, 1.54) is 6.33 Å². The van der Waals surface area contributed by atoms with Crippen molar-refractivity contribution in [2.75, 3.05) is 0 Å². The molecule has 0 radical (unpaired) electrons. The fourth-order valence-corrected chi connectivity index (χ4v) is 2.09. The Kier molecular flexibility index (Phi) is 3.06. The van der Waals surface area contributed by atoms with Crippen LogP contribution in [-0.4, -0.2) is 20.8 Å². The average Bonchev–Trinajstić information content (AvgIpc) is 2.90. The van der Waals surface area contributed by atoms with E-state index in [1.54, 1.807) is 17.2 Å². The summed E-state index contributed by atoms with van der Waals surface area (Å²) in [6.45, 7) is 1.16. The van der Waals surface area contributed by atoms with Crippen LogP contribution < -0.4 is 0 Å². The summed E-state index contributed by atoms with van der Waals surface area (Å²) >= 11 is 0. The Morgan fingerprint density at radius 1 is 1.21 bits per heavy atom. The number of hydrogen-bond donors (Lipinski definition) is 0. The van der Waals surface area contributed by atoms with E-state index in [0.29, 0.717) is 13.1 Å². The zero-order chi connectivity index (χ0) is 13.1. The van der Waals surface area contributed by atoms with E-state index in [0.717, 1.165) is 16.8 Å². The molecule has 0 N–H and O–H groups in total. The molecule has 1 aromatic heterocycles. The van der Waals surface area contributed by atoms with Gasteiger partial charge in [-0.05, 0) is 11.6 Å². The van der Waals surface area contributed by atoms with Crippen molar-refractivity contribution in [3.8, 4) is 0 Å². The highest BCUT2D eigenvalue weighted by atomic mass is 16.2. The molecule has 1 aliphatic heterocycles. The van der Waals surface area contributed by atoms with Gasteiger partial charge in [0.1, 0.15) is 6.33 Å². The Bertz CT molecular complexity index is 597. The molecule has 94 valence electrons. The number of fused-ring (bicyclic) bond motifs is 1. The highest BCUT2D eigenvalue weighted by Gasteiger charge is 2.22. The van der Waals surface area contributed by atoms with E-state index in [4.69, 9.17) is 0 Å². The van der Waals surface area contributed by atoms with Crippen molar-refractivity contribution in [2.24, 2.45) is 0 Å². The lowest BCUT2D eigenvalue weighted by atomic mass is 10.2. The summed E-state index contributed by atoms with van der Waals surface area (Å²) in [5.41, 5.74) is 2.99. The van der Waals surface area contributed by atoms with Crippen molar-refractivity contribution >= 4 is 12.0 Å². The molecule has 2 aromatic rings. The fraction of sp³-hybridized carbons (Fsp3) is 0.133. The minimum absolute atomic E-state index is 0.00172. The van der Waals surface area contributed by atoms with Gasteiger partial charge in [0.15, 0.2) is 0 Å². The van der Waals surface area contributed by atoms with Gasteiger partial charge in [-0.3, -0.25) is 4.79 Å². The molecule has 0 unspecified atom stereocenters. The summed E-state index contributed by atoms with van der Waals surface area (Å²) in [6, 6.07) is 9.79. The molecule has 3 rings (SSSR count). The van der Waals surface area contributed by atoms with Gasteiger partial charge < -0.3 is 4.90 Å². The number of amides is 1. The first kappa shape index (κ1) is 11.6. The Labute approximate surface area is 111 Å². The number of rotatable bonds is 2. The first-order valence-electron chi connectivity index (χ1n) is 6.13. The zero-order valence-corrected chi connectivity index (χ0v) is 10.4. The van der Waals surface area contributed by atoms with Crippen LogP contribution in [0.2, 0.25) is 0 Å². The molecule has 1 aliphatic rings. The van der Waals surface area contributed by atoms with E-state index in [-0.39, 0.29) is 5.91 Å². The summed E-state index contributed by atoms with van der Waals surface area (Å²) in [6.07, 6.45) is 6.73. The Hall–Kier alpha value is -2.49. The molecule has 0 bridgehead atoms. The molecule has 2 heterocycles. The second-order valence-electron chi connectivity index (χ2n) is 4.43. The Morgan fingerprint density at radius 3 is 2.84 bits per heavy atom. The number of carbonyl (C=O) groups excluding carboxylic acids is 1. The van der Waals surface area contributed by atoms with E-state index < -0.39 is 0 Å². The van der Waals surface area contributed by atoms with Crippen molar-refractivity contribution in [2.45, 2.75) is 13.1 Å². The average molecular weight is 251 g/mol. The van der Waals surface area contributed by atoms with Gasteiger partial charge in [0.25, 0.3) is 0 Å². The van der Waals surface area contributed by atoms with Crippen molar-refractivity contribution in [1.82, 2.24) is 14.9 Å². The number of hydrogen-bond acceptors (Lipinski definition) is 3. The van der Waals surface area contributed by atoms with Crippen molar-refractivity contribution in [1.29, 1.82) is 0 Å².